The molecule has 1 atom stereocenters. The highest BCUT2D eigenvalue weighted by Gasteiger charge is 2.34. The summed E-state index contributed by atoms with van der Waals surface area (Å²) in [6, 6.07) is 14.0. The minimum atomic E-state index is 0.0492. The molecule has 1 heterocycles. The van der Waals surface area contributed by atoms with E-state index in [0.29, 0.717) is 6.42 Å². The van der Waals surface area contributed by atoms with Gasteiger partial charge in [0.05, 0.1) is 18.5 Å². The van der Waals surface area contributed by atoms with E-state index in [1.165, 1.54) is 21.7 Å². The maximum Gasteiger partial charge on any atom is 0.248 e. The predicted octanol–water partition coefficient (Wildman–Crippen LogP) is 3.71. The van der Waals surface area contributed by atoms with Crippen LogP contribution < -0.4 is 9.75 Å². The van der Waals surface area contributed by atoms with Crippen LogP contribution >= 0.6 is 0 Å². The minimum Gasteiger partial charge on any atom is -0.497 e. The lowest BCUT2D eigenvalue weighted by Gasteiger charge is -2.33. The first kappa shape index (κ1) is 14.9. The third kappa shape index (κ3) is 2.48. The largest absolute Gasteiger partial charge is 0.497 e. The van der Waals surface area contributed by atoms with Crippen molar-refractivity contribution in [1.82, 2.24) is 0 Å². The monoisotopic (exact) mass is 320 g/mol. The summed E-state index contributed by atoms with van der Waals surface area (Å²) in [6.45, 7) is 2.10. The van der Waals surface area contributed by atoms with Gasteiger partial charge >= 0.3 is 0 Å². The Bertz CT molecular complexity index is 841. The Morgan fingerprint density at radius 3 is 2.92 bits per heavy atom. The summed E-state index contributed by atoms with van der Waals surface area (Å²) in [5, 5.41) is 6.29. The fourth-order valence-electron chi connectivity index (χ4n) is 3.57. The smallest absolute Gasteiger partial charge is 0.248 e. The number of amides is 1. The number of ether oxygens (including phenoxy) is 1. The van der Waals surface area contributed by atoms with Crippen LogP contribution in [0.2, 0.25) is 0 Å². The number of carbonyl (C=O) groups is 1. The second kappa shape index (κ2) is 5.78. The van der Waals surface area contributed by atoms with E-state index in [1.54, 1.807) is 7.11 Å². The van der Waals surface area contributed by atoms with E-state index in [4.69, 9.17) is 9.84 Å². The lowest BCUT2D eigenvalue weighted by molar-refractivity contribution is -0.119. The average molecular weight is 320 g/mol. The molecule has 0 aromatic heterocycles. The van der Waals surface area contributed by atoms with Crippen molar-refractivity contribution < 1.29 is 9.53 Å². The van der Waals surface area contributed by atoms with Crippen LogP contribution in [0.1, 0.15) is 29.5 Å². The fraction of sp³-hybridized carbons (Fsp3) is 0.300. The number of fused-ring (bicyclic) bond motifs is 3. The summed E-state index contributed by atoms with van der Waals surface area (Å²) in [4.78, 5) is 12.6. The van der Waals surface area contributed by atoms with Crippen LogP contribution in [0.15, 0.2) is 47.6 Å². The maximum absolute atomic E-state index is 12.6. The molecule has 4 rings (SSSR count). The number of rotatable bonds is 2. The van der Waals surface area contributed by atoms with Gasteiger partial charge in [-0.2, -0.15) is 5.10 Å². The number of benzene rings is 2. The summed E-state index contributed by atoms with van der Waals surface area (Å²) >= 11 is 0. The van der Waals surface area contributed by atoms with E-state index in [9.17, 15) is 4.79 Å². The van der Waals surface area contributed by atoms with Crippen LogP contribution in [0, 0.1) is 12.8 Å². The number of nitrogens with zero attached hydrogens (tertiary/aromatic N) is 2. The zero-order valence-corrected chi connectivity index (χ0v) is 14.0. The van der Waals surface area contributed by atoms with Gasteiger partial charge in [-0.3, -0.25) is 4.79 Å². The van der Waals surface area contributed by atoms with E-state index in [2.05, 4.69) is 25.1 Å². The molecule has 0 N–H and O–H groups in total. The molecule has 0 fully saturated rings. The highest BCUT2D eigenvalue weighted by molar-refractivity contribution is 6.11. The second-order valence-corrected chi connectivity index (χ2v) is 6.49. The predicted molar refractivity (Wildman–Crippen MR) is 94.6 cm³/mol. The van der Waals surface area contributed by atoms with E-state index < -0.39 is 0 Å². The molecule has 1 aliphatic heterocycles. The van der Waals surface area contributed by atoms with Crippen LogP contribution in [0.25, 0.3) is 0 Å². The van der Waals surface area contributed by atoms with Crippen LogP contribution in [-0.2, 0) is 11.2 Å². The summed E-state index contributed by atoms with van der Waals surface area (Å²) in [5.41, 5.74) is 5.55. The van der Waals surface area contributed by atoms with Crippen molar-refractivity contribution in [1.29, 1.82) is 0 Å². The number of anilines is 1. The molecular formula is C20H20N2O2. The Hall–Kier alpha value is -2.62. The average Bonchev–Trinajstić information content (AvgIpc) is 2.61. The normalized spacial score (nSPS) is 19.4. The van der Waals surface area contributed by atoms with E-state index in [-0.39, 0.29) is 11.8 Å². The minimum absolute atomic E-state index is 0.0492. The zero-order chi connectivity index (χ0) is 16.7. The lowest BCUT2D eigenvalue weighted by atomic mass is 9.79. The van der Waals surface area contributed by atoms with E-state index in [1.807, 2.05) is 24.3 Å². The molecule has 1 aliphatic carbocycles. The van der Waals surface area contributed by atoms with Crippen molar-refractivity contribution in [3.8, 4) is 5.75 Å². The van der Waals surface area contributed by atoms with Gasteiger partial charge in [-0.05, 0) is 43.5 Å². The molecule has 4 nitrogen and oxygen atoms in total. The SMILES string of the molecule is COc1cccc(N2N=C3c4cc(C)ccc4CCC3CC2=O)c1. The topological polar surface area (TPSA) is 41.9 Å². The molecule has 0 bridgehead atoms. The van der Waals surface area contributed by atoms with E-state index in [0.717, 1.165) is 30.0 Å². The number of methoxy groups -OCH3 is 1. The van der Waals surface area contributed by atoms with Crippen LogP contribution in [0.3, 0.4) is 0 Å². The van der Waals surface area contributed by atoms with Crippen molar-refractivity contribution in [2.45, 2.75) is 26.2 Å². The first-order valence-corrected chi connectivity index (χ1v) is 8.31. The molecule has 0 saturated heterocycles. The second-order valence-electron chi connectivity index (χ2n) is 6.49. The van der Waals surface area contributed by atoms with Gasteiger partial charge < -0.3 is 4.74 Å². The van der Waals surface area contributed by atoms with Gasteiger partial charge in [-0.15, -0.1) is 0 Å². The van der Waals surface area contributed by atoms with Gasteiger partial charge in [0.2, 0.25) is 5.91 Å². The first-order chi connectivity index (χ1) is 11.7. The first-order valence-electron chi connectivity index (χ1n) is 8.31. The third-order valence-electron chi connectivity index (χ3n) is 4.85. The Morgan fingerprint density at radius 1 is 1.21 bits per heavy atom. The summed E-state index contributed by atoms with van der Waals surface area (Å²) in [6.07, 6.45) is 2.53. The molecule has 4 heteroatoms. The molecule has 122 valence electrons. The van der Waals surface area contributed by atoms with Gasteiger partial charge in [-0.1, -0.05) is 23.8 Å². The summed E-state index contributed by atoms with van der Waals surface area (Å²) in [5.74, 6) is 1.00. The molecule has 0 saturated carbocycles. The molecule has 1 unspecified atom stereocenters. The quantitative estimate of drug-likeness (QED) is 0.846. The zero-order valence-electron chi connectivity index (χ0n) is 14.0. The van der Waals surface area contributed by atoms with Gasteiger partial charge in [0, 0.05) is 24.0 Å². The van der Waals surface area contributed by atoms with Crippen LogP contribution in [-0.4, -0.2) is 18.7 Å². The Labute approximate surface area is 141 Å². The highest BCUT2D eigenvalue weighted by Crippen LogP contribution is 2.34. The van der Waals surface area contributed by atoms with Crippen LogP contribution in [0.5, 0.6) is 5.75 Å². The van der Waals surface area contributed by atoms with Crippen LogP contribution in [0.4, 0.5) is 5.69 Å². The highest BCUT2D eigenvalue weighted by atomic mass is 16.5. The van der Waals surface area contributed by atoms with Crippen molar-refractivity contribution >= 4 is 17.3 Å². The van der Waals surface area contributed by atoms with Crippen molar-refractivity contribution in [2.24, 2.45) is 11.0 Å². The number of hydrazone groups is 1. The van der Waals surface area contributed by atoms with E-state index >= 15 is 0 Å². The molecule has 0 spiro atoms. The lowest BCUT2D eigenvalue weighted by Crippen LogP contribution is -2.39. The Morgan fingerprint density at radius 2 is 2.08 bits per heavy atom. The molecule has 2 aliphatic rings. The fourth-order valence-corrected chi connectivity index (χ4v) is 3.57. The number of hydrogen-bond donors (Lipinski definition) is 0. The maximum atomic E-state index is 12.6. The van der Waals surface area contributed by atoms with Gasteiger partial charge in [-0.25, -0.2) is 5.01 Å². The van der Waals surface area contributed by atoms with Crippen molar-refractivity contribution in [3.63, 3.8) is 0 Å². The molecule has 2 aromatic rings. The van der Waals surface area contributed by atoms with Gasteiger partial charge in [0.15, 0.2) is 0 Å². The molecular weight excluding hydrogens is 300 g/mol. The Kier molecular flexibility index (Phi) is 3.60. The van der Waals surface area contributed by atoms with Gasteiger partial charge in [0.1, 0.15) is 5.75 Å². The van der Waals surface area contributed by atoms with Crippen molar-refractivity contribution in [2.75, 3.05) is 12.1 Å². The van der Waals surface area contributed by atoms with Gasteiger partial charge in [0.25, 0.3) is 0 Å². The van der Waals surface area contributed by atoms with Crippen molar-refractivity contribution in [3.05, 3.63) is 59.2 Å². The molecule has 1 amide bonds. The number of hydrogen-bond acceptors (Lipinski definition) is 3. The molecule has 0 radical (unpaired) electrons. The molecule has 2 aromatic carbocycles. The Balaban J connectivity index is 1.80. The summed E-state index contributed by atoms with van der Waals surface area (Å²) < 4.78 is 5.27. The number of aryl methyl sites for hydroxylation is 2. The summed E-state index contributed by atoms with van der Waals surface area (Å²) in [7, 11) is 1.62. The molecule has 24 heavy (non-hydrogen) atoms. The standard InChI is InChI=1S/C20H20N2O2/c1-13-6-7-14-8-9-15-11-19(23)22(21-20(15)18(14)10-13)16-4-3-5-17(12-16)24-2/h3-7,10,12,15H,8-9,11H2,1-2H3. The third-order valence-corrected chi connectivity index (χ3v) is 4.85. The number of carbonyl (C=O) groups excluding carboxylic acids is 1.